The molecule has 2 heterocycles. The summed E-state index contributed by atoms with van der Waals surface area (Å²) < 4.78 is 23.0. The van der Waals surface area contributed by atoms with E-state index >= 15 is 0 Å². The molecule has 0 unspecified atom stereocenters. The van der Waals surface area contributed by atoms with Crippen LogP contribution in [0.25, 0.3) is 10.9 Å². The minimum atomic E-state index is -0.453. The van der Waals surface area contributed by atoms with Crippen molar-refractivity contribution in [2.45, 2.75) is 6.54 Å². The number of amides is 1. The van der Waals surface area contributed by atoms with E-state index in [0.717, 1.165) is 0 Å². The van der Waals surface area contributed by atoms with Crippen LogP contribution < -0.4 is 29.7 Å². The molecular formula is C27H22N2O7. The van der Waals surface area contributed by atoms with Crippen LogP contribution >= 0.6 is 0 Å². The van der Waals surface area contributed by atoms with E-state index in [1.54, 1.807) is 65.2 Å². The molecule has 0 atom stereocenters. The smallest absolute Gasteiger partial charge is 0.244 e. The lowest BCUT2D eigenvalue weighted by molar-refractivity contribution is -0.116. The van der Waals surface area contributed by atoms with Gasteiger partial charge in [0.1, 0.15) is 18.0 Å². The average molecular weight is 486 g/mol. The largest absolute Gasteiger partial charge is 0.497 e. The predicted octanol–water partition coefficient (Wildman–Crippen LogP) is 3.62. The molecule has 0 fully saturated rings. The molecule has 1 aliphatic heterocycles. The number of carbonyl (C=O) groups excluding carboxylic acids is 2. The molecule has 0 bridgehead atoms. The molecule has 0 radical (unpaired) electrons. The maximum absolute atomic E-state index is 13.4. The van der Waals surface area contributed by atoms with E-state index in [1.165, 1.54) is 20.4 Å². The summed E-state index contributed by atoms with van der Waals surface area (Å²) in [5.41, 5.74) is 0.749. The number of pyridine rings is 1. The first-order chi connectivity index (χ1) is 17.5. The minimum Gasteiger partial charge on any atom is -0.497 e. The fourth-order valence-electron chi connectivity index (χ4n) is 4.06. The van der Waals surface area contributed by atoms with Crippen LogP contribution in [0.15, 0.2) is 71.7 Å². The second-order valence-electron chi connectivity index (χ2n) is 8.03. The van der Waals surface area contributed by atoms with E-state index in [4.69, 9.17) is 18.9 Å². The number of hydrogen-bond acceptors (Lipinski definition) is 7. The predicted molar refractivity (Wildman–Crippen MR) is 132 cm³/mol. The lowest BCUT2D eigenvalue weighted by atomic mass is 10.0. The van der Waals surface area contributed by atoms with Gasteiger partial charge >= 0.3 is 0 Å². The van der Waals surface area contributed by atoms with Crippen molar-refractivity contribution in [3.05, 3.63) is 88.2 Å². The van der Waals surface area contributed by atoms with E-state index in [-0.39, 0.29) is 30.2 Å². The maximum atomic E-state index is 13.4. The number of benzene rings is 3. The molecule has 182 valence electrons. The maximum Gasteiger partial charge on any atom is 0.244 e. The van der Waals surface area contributed by atoms with E-state index < -0.39 is 11.2 Å². The van der Waals surface area contributed by atoms with Crippen LogP contribution in [0.4, 0.5) is 5.69 Å². The van der Waals surface area contributed by atoms with Gasteiger partial charge in [0, 0.05) is 23.9 Å². The van der Waals surface area contributed by atoms with Crippen LogP contribution in [-0.2, 0) is 11.3 Å². The molecule has 9 heteroatoms. The lowest BCUT2D eigenvalue weighted by Crippen LogP contribution is -2.24. The first-order valence-corrected chi connectivity index (χ1v) is 11.1. The van der Waals surface area contributed by atoms with Gasteiger partial charge < -0.3 is 28.8 Å². The van der Waals surface area contributed by atoms with E-state index in [2.05, 4.69) is 5.32 Å². The summed E-state index contributed by atoms with van der Waals surface area (Å²) in [4.78, 5) is 39.7. The van der Waals surface area contributed by atoms with Gasteiger partial charge in [-0.1, -0.05) is 30.3 Å². The van der Waals surface area contributed by atoms with Crippen molar-refractivity contribution in [2.75, 3.05) is 26.3 Å². The molecule has 1 amide bonds. The second-order valence-corrected chi connectivity index (χ2v) is 8.03. The Kier molecular flexibility index (Phi) is 6.03. The zero-order valence-corrected chi connectivity index (χ0v) is 19.6. The van der Waals surface area contributed by atoms with E-state index in [0.29, 0.717) is 39.8 Å². The van der Waals surface area contributed by atoms with Crippen LogP contribution in [0.1, 0.15) is 15.9 Å². The van der Waals surface area contributed by atoms with Gasteiger partial charge in [0.25, 0.3) is 0 Å². The average Bonchev–Trinajstić information content (AvgIpc) is 3.37. The number of anilines is 1. The van der Waals surface area contributed by atoms with Crippen molar-refractivity contribution in [1.29, 1.82) is 0 Å². The Labute approximate surface area is 205 Å². The summed E-state index contributed by atoms with van der Waals surface area (Å²) in [6, 6.07) is 16.7. The number of fused-ring (bicyclic) bond motifs is 2. The summed E-state index contributed by atoms with van der Waals surface area (Å²) in [6.07, 6.45) is 1.41. The molecule has 9 nitrogen and oxygen atoms in total. The summed E-state index contributed by atoms with van der Waals surface area (Å²) in [5, 5.41) is 3.06. The summed E-state index contributed by atoms with van der Waals surface area (Å²) >= 11 is 0. The van der Waals surface area contributed by atoms with E-state index in [9.17, 15) is 14.4 Å². The number of ketones is 1. The van der Waals surface area contributed by atoms with Crippen molar-refractivity contribution in [3.63, 3.8) is 0 Å². The highest BCUT2D eigenvalue weighted by Crippen LogP contribution is 2.35. The highest BCUT2D eigenvalue weighted by molar-refractivity contribution is 6.10. The Morgan fingerprint density at radius 1 is 0.972 bits per heavy atom. The molecule has 0 spiro atoms. The molecule has 0 aliphatic carbocycles. The summed E-state index contributed by atoms with van der Waals surface area (Å²) in [5.74, 6) is 1.04. The zero-order valence-electron chi connectivity index (χ0n) is 19.6. The Bertz CT molecular complexity index is 1540. The molecule has 1 aliphatic rings. The van der Waals surface area contributed by atoms with Crippen LogP contribution in [0, 0.1) is 0 Å². The fraction of sp³-hybridized carbons (Fsp3) is 0.148. The number of aromatic nitrogens is 1. The number of hydrogen-bond donors (Lipinski definition) is 1. The van der Waals surface area contributed by atoms with Gasteiger partial charge in [-0.3, -0.25) is 14.4 Å². The third kappa shape index (κ3) is 4.22. The minimum absolute atomic E-state index is 0.0212. The van der Waals surface area contributed by atoms with Gasteiger partial charge in [-0.25, -0.2) is 0 Å². The Balaban J connectivity index is 1.56. The van der Waals surface area contributed by atoms with Crippen molar-refractivity contribution in [2.24, 2.45) is 0 Å². The van der Waals surface area contributed by atoms with Gasteiger partial charge in [-0.2, -0.15) is 0 Å². The number of rotatable bonds is 7. The number of carbonyl (C=O) groups is 2. The van der Waals surface area contributed by atoms with Crippen molar-refractivity contribution in [1.82, 2.24) is 4.57 Å². The number of ether oxygens (including phenoxy) is 4. The normalized spacial score (nSPS) is 11.8. The van der Waals surface area contributed by atoms with Gasteiger partial charge in [-0.05, 0) is 18.2 Å². The Morgan fingerprint density at radius 2 is 1.72 bits per heavy atom. The standard InChI is InChI=1S/C27H22N2O7/c1-33-17-8-9-20(22(10-17)34-2)28-25(30)14-29-13-19(26(31)16-6-4-3-5-7-16)27(32)18-11-23-24(12-21(18)29)36-15-35-23/h3-13H,14-15H2,1-2H3,(H,28,30). The Morgan fingerprint density at radius 3 is 2.44 bits per heavy atom. The van der Waals surface area contributed by atoms with Crippen molar-refractivity contribution < 1.29 is 28.5 Å². The monoisotopic (exact) mass is 486 g/mol. The first kappa shape index (κ1) is 23.0. The van der Waals surface area contributed by atoms with Crippen LogP contribution in [0.5, 0.6) is 23.0 Å². The molecule has 36 heavy (non-hydrogen) atoms. The number of nitrogens with one attached hydrogen (secondary N) is 1. The summed E-state index contributed by atoms with van der Waals surface area (Å²) in [7, 11) is 3.03. The van der Waals surface area contributed by atoms with Gasteiger partial charge in [0.2, 0.25) is 18.1 Å². The molecule has 5 rings (SSSR count). The molecule has 3 aromatic carbocycles. The van der Waals surface area contributed by atoms with Crippen LogP contribution in [0.3, 0.4) is 0 Å². The van der Waals surface area contributed by atoms with E-state index in [1.807, 2.05) is 0 Å². The van der Waals surface area contributed by atoms with Crippen molar-refractivity contribution in [3.8, 4) is 23.0 Å². The number of nitrogens with zero attached hydrogens (tertiary/aromatic N) is 1. The van der Waals surface area contributed by atoms with Gasteiger partial charge in [-0.15, -0.1) is 0 Å². The lowest BCUT2D eigenvalue weighted by Gasteiger charge is -2.15. The molecule has 1 aromatic heterocycles. The fourth-order valence-corrected chi connectivity index (χ4v) is 4.06. The Hall–Kier alpha value is -4.79. The molecule has 0 saturated heterocycles. The SMILES string of the molecule is COc1ccc(NC(=O)Cn2cc(C(=O)c3ccccc3)c(=O)c3cc4c(cc32)OCO4)c(OC)c1. The van der Waals surface area contributed by atoms with Crippen molar-refractivity contribution >= 4 is 28.3 Å². The highest BCUT2D eigenvalue weighted by atomic mass is 16.7. The quantitative estimate of drug-likeness (QED) is 0.398. The highest BCUT2D eigenvalue weighted by Gasteiger charge is 2.22. The third-order valence-corrected chi connectivity index (χ3v) is 5.85. The topological polar surface area (TPSA) is 105 Å². The summed E-state index contributed by atoms with van der Waals surface area (Å²) in [6.45, 7) is -0.159. The van der Waals surface area contributed by atoms with Crippen LogP contribution in [-0.4, -0.2) is 37.3 Å². The second kappa shape index (κ2) is 9.46. The molecule has 4 aromatic rings. The molecular weight excluding hydrogens is 464 g/mol. The third-order valence-electron chi connectivity index (χ3n) is 5.85. The van der Waals surface area contributed by atoms with Crippen LogP contribution in [0.2, 0.25) is 0 Å². The zero-order chi connectivity index (χ0) is 25.2. The number of methoxy groups -OCH3 is 2. The van der Waals surface area contributed by atoms with Gasteiger partial charge in [0.05, 0.1) is 36.4 Å². The molecule has 0 saturated carbocycles. The van der Waals surface area contributed by atoms with Gasteiger partial charge in [0.15, 0.2) is 17.3 Å². The first-order valence-electron chi connectivity index (χ1n) is 11.1. The molecule has 1 N–H and O–H groups in total.